The van der Waals surface area contributed by atoms with E-state index in [4.69, 9.17) is 25.8 Å². The number of methoxy groups -OCH3 is 1. The number of nitrogens with zero attached hydrogens (tertiary/aromatic N) is 2. The van der Waals surface area contributed by atoms with Crippen molar-refractivity contribution >= 4 is 35.4 Å². The average molecular weight is 469 g/mol. The molecule has 2 amide bonds. The highest BCUT2D eigenvalue weighted by Crippen LogP contribution is 2.54. The molecule has 32 heavy (non-hydrogen) atoms. The SMILES string of the molecule is COC(=O)[C@@H]1C[C@@]2(O)c3ccc(Cl)cc3N(C(=O)OC(C)(C)C)[C@H]2N1C(=O)OC(C)(C)C. The third-order valence-corrected chi connectivity index (χ3v) is 5.36. The molecule has 176 valence electrons. The average Bonchev–Trinajstić information content (AvgIpc) is 3.04. The van der Waals surface area contributed by atoms with E-state index in [-0.39, 0.29) is 12.1 Å². The van der Waals surface area contributed by atoms with Crippen LogP contribution in [0.1, 0.15) is 53.5 Å². The molecule has 2 heterocycles. The summed E-state index contributed by atoms with van der Waals surface area (Å²) in [6, 6.07) is 3.47. The molecular formula is C22H29ClN2O7. The van der Waals surface area contributed by atoms with E-state index in [1.807, 2.05) is 0 Å². The van der Waals surface area contributed by atoms with Crippen molar-refractivity contribution in [3.05, 3.63) is 28.8 Å². The lowest BCUT2D eigenvalue weighted by atomic mass is 9.91. The summed E-state index contributed by atoms with van der Waals surface area (Å²) in [5.74, 6) is -0.738. The van der Waals surface area contributed by atoms with Crippen LogP contribution in [0.2, 0.25) is 5.02 Å². The van der Waals surface area contributed by atoms with Crippen LogP contribution < -0.4 is 4.90 Å². The highest BCUT2D eigenvalue weighted by Gasteiger charge is 2.66. The number of carbonyl (C=O) groups excluding carboxylic acids is 3. The molecule has 3 atom stereocenters. The van der Waals surface area contributed by atoms with E-state index in [9.17, 15) is 19.5 Å². The van der Waals surface area contributed by atoms with E-state index in [1.54, 1.807) is 53.7 Å². The Bertz CT molecular complexity index is 953. The largest absolute Gasteiger partial charge is 0.467 e. The van der Waals surface area contributed by atoms with E-state index < -0.39 is 47.2 Å². The first kappa shape index (κ1) is 24.1. The molecule has 10 heteroatoms. The topological polar surface area (TPSA) is 106 Å². The number of benzene rings is 1. The second-order valence-corrected chi connectivity index (χ2v) is 10.4. The summed E-state index contributed by atoms with van der Waals surface area (Å²) in [6.07, 6.45) is -3.18. The van der Waals surface area contributed by atoms with Crippen LogP contribution >= 0.6 is 11.6 Å². The van der Waals surface area contributed by atoms with Gasteiger partial charge in [0.25, 0.3) is 0 Å². The first-order valence-corrected chi connectivity index (χ1v) is 10.6. The van der Waals surface area contributed by atoms with Crippen molar-refractivity contribution in [3.8, 4) is 0 Å². The first-order valence-electron chi connectivity index (χ1n) is 10.2. The van der Waals surface area contributed by atoms with Gasteiger partial charge >= 0.3 is 18.2 Å². The van der Waals surface area contributed by atoms with Crippen molar-refractivity contribution in [1.82, 2.24) is 4.90 Å². The summed E-state index contributed by atoms with van der Waals surface area (Å²) in [6.45, 7) is 10.1. The van der Waals surface area contributed by atoms with Crippen LogP contribution in [-0.4, -0.2) is 58.7 Å². The lowest BCUT2D eigenvalue weighted by Gasteiger charge is -2.37. The summed E-state index contributed by atoms with van der Waals surface area (Å²) in [4.78, 5) is 41.3. The van der Waals surface area contributed by atoms with Gasteiger partial charge in [-0.25, -0.2) is 14.4 Å². The third-order valence-electron chi connectivity index (χ3n) is 5.13. The van der Waals surface area contributed by atoms with E-state index in [0.29, 0.717) is 10.6 Å². The summed E-state index contributed by atoms with van der Waals surface area (Å²) in [5, 5.41) is 12.1. The van der Waals surface area contributed by atoms with Gasteiger partial charge in [0.2, 0.25) is 0 Å². The number of anilines is 1. The zero-order chi connectivity index (χ0) is 24.2. The minimum absolute atomic E-state index is 0.197. The number of carbonyl (C=O) groups is 3. The minimum Gasteiger partial charge on any atom is -0.467 e. The summed E-state index contributed by atoms with van der Waals surface area (Å²) < 4.78 is 16.0. The Morgan fingerprint density at radius 1 is 1.06 bits per heavy atom. The molecule has 1 aromatic rings. The van der Waals surface area contributed by atoms with Crippen LogP contribution in [0.4, 0.5) is 15.3 Å². The Kier molecular flexibility index (Phi) is 5.89. The van der Waals surface area contributed by atoms with Crippen molar-refractivity contribution in [3.63, 3.8) is 0 Å². The molecule has 1 fully saturated rings. The molecule has 0 unspecified atom stereocenters. The summed E-state index contributed by atoms with van der Waals surface area (Å²) >= 11 is 6.18. The zero-order valence-electron chi connectivity index (χ0n) is 19.3. The van der Waals surface area contributed by atoms with Gasteiger partial charge in [-0.15, -0.1) is 0 Å². The van der Waals surface area contributed by atoms with Crippen LogP contribution in [0.5, 0.6) is 0 Å². The van der Waals surface area contributed by atoms with Gasteiger partial charge in [0, 0.05) is 17.0 Å². The molecule has 1 N–H and O–H groups in total. The van der Waals surface area contributed by atoms with E-state index >= 15 is 0 Å². The molecule has 1 saturated heterocycles. The Labute approximate surface area is 192 Å². The fourth-order valence-corrected chi connectivity index (χ4v) is 4.24. The quantitative estimate of drug-likeness (QED) is 0.493. The van der Waals surface area contributed by atoms with Crippen LogP contribution in [0.25, 0.3) is 0 Å². The first-order chi connectivity index (χ1) is 14.6. The van der Waals surface area contributed by atoms with Gasteiger partial charge in [0.1, 0.15) is 22.8 Å². The third kappa shape index (κ3) is 4.23. The number of likely N-dealkylation sites (tertiary alicyclic amines) is 1. The zero-order valence-corrected chi connectivity index (χ0v) is 20.0. The number of hydrogen-bond donors (Lipinski definition) is 1. The fourth-order valence-electron chi connectivity index (χ4n) is 4.07. The fraction of sp³-hybridized carbons (Fsp3) is 0.591. The smallest absolute Gasteiger partial charge is 0.416 e. The van der Waals surface area contributed by atoms with Crippen molar-refractivity contribution in [2.45, 2.75) is 77.0 Å². The molecule has 0 saturated carbocycles. The molecule has 3 rings (SSSR count). The van der Waals surface area contributed by atoms with E-state index in [0.717, 1.165) is 9.80 Å². The maximum Gasteiger partial charge on any atom is 0.416 e. The van der Waals surface area contributed by atoms with Gasteiger partial charge in [-0.3, -0.25) is 9.80 Å². The van der Waals surface area contributed by atoms with Crippen molar-refractivity contribution < 1.29 is 33.7 Å². The Morgan fingerprint density at radius 2 is 1.62 bits per heavy atom. The predicted octanol–water partition coefficient (Wildman–Crippen LogP) is 3.79. The highest BCUT2D eigenvalue weighted by molar-refractivity contribution is 6.31. The van der Waals surface area contributed by atoms with Gasteiger partial charge in [0.15, 0.2) is 6.17 Å². The molecular weight excluding hydrogens is 440 g/mol. The van der Waals surface area contributed by atoms with Gasteiger partial charge in [0.05, 0.1) is 12.8 Å². The standard InChI is InChI=1S/C22H29ClN2O7/c1-20(2,3)31-18(27)24-14-10-12(23)8-9-13(14)22(29)11-15(16(26)30-7)25(17(22)24)19(28)32-21(4,5)6/h8-10,15,17,29H,11H2,1-7H3/t15-,17-,22+/m0/s1. The maximum absolute atomic E-state index is 13.3. The Balaban J connectivity index is 2.18. The van der Waals surface area contributed by atoms with E-state index in [1.165, 1.54) is 13.2 Å². The number of ether oxygens (including phenoxy) is 3. The second-order valence-electron chi connectivity index (χ2n) is 9.94. The normalized spacial score (nSPS) is 24.7. The van der Waals surface area contributed by atoms with Crippen LogP contribution in [0.15, 0.2) is 18.2 Å². The number of fused-ring (bicyclic) bond motifs is 3. The second kappa shape index (κ2) is 7.81. The Hall–Kier alpha value is -2.52. The summed E-state index contributed by atoms with van der Waals surface area (Å²) in [7, 11) is 1.19. The van der Waals surface area contributed by atoms with Crippen molar-refractivity contribution in [2.75, 3.05) is 12.0 Å². The number of esters is 1. The highest BCUT2D eigenvalue weighted by atomic mass is 35.5. The molecule has 9 nitrogen and oxygen atoms in total. The summed E-state index contributed by atoms with van der Waals surface area (Å²) in [5.41, 5.74) is -2.88. The molecule has 0 spiro atoms. The molecule has 2 aliphatic heterocycles. The van der Waals surface area contributed by atoms with Gasteiger partial charge in [-0.1, -0.05) is 17.7 Å². The number of halogens is 1. The lowest BCUT2D eigenvalue weighted by Crippen LogP contribution is -2.57. The lowest BCUT2D eigenvalue weighted by molar-refractivity contribution is -0.146. The number of hydrogen-bond acceptors (Lipinski definition) is 7. The number of amides is 2. The van der Waals surface area contributed by atoms with Crippen LogP contribution in [0.3, 0.4) is 0 Å². The monoisotopic (exact) mass is 468 g/mol. The molecule has 0 aliphatic carbocycles. The molecule has 0 radical (unpaired) electrons. The van der Waals surface area contributed by atoms with Gasteiger partial charge in [-0.05, 0) is 53.7 Å². The number of rotatable bonds is 1. The van der Waals surface area contributed by atoms with Crippen molar-refractivity contribution in [2.24, 2.45) is 0 Å². The minimum atomic E-state index is -1.77. The Morgan fingerprint density at radius 3 is 2.16 bits per heavy atom. The predicted molar refractivity (Wildman–Crippen MR) is 116 cm³/mol. The van der Waals surface area contributed by atoms with Gasteiger partial charge < -0.3 is 19.3 Å². The molecule has 1 aromatic carbocycles. The number of aliphatic hydroxyl groups is 1. The van der Waals surface area contributed by atoms with Crippen LogP contribution in [-0.2, 0) is 24.6 Å². The molecule has 2 aliphatic rings. The van der Waals surface area contributed by atoms with Crippen LogP contribution in [0, 0.1) is 0 Å². The van der Waals surface area contributed by atoms with Gasteiger partial charge in [-0.2, -0.15) is 0 Å². The molecule has 0 bridgehead atoms. The van der Waals surface area contributed by atoms with Crippen molar-refractivity contribution in [1.29, 1.82) is 0 Å². The molecule has 0 aromatic heterocycles. The maximum atomic E-state index is 13.3. The van der Waals surface area contributed by atoms with E-state index in [2.05, 4.69) is 0 Å².